The summed E-state index contributed by atoms with van der Waals surface area (Å²) in [7, 11) is 0. The molecule has 0 atom stereocenters. The molecule has 106 valence electrons. The monoisotopic (exact) mass is 297 g/mol. The molecule has 0 fully saturated rings. The molecule has 0 spiro atoms. The number of nitrogens with one attached hydrogen (secondary N) is 1. The van der Waals surface area contributed by atoms with Crippen molar-refractivity contribution in [2.75, 3.05) is 5.32 Å². The predicted octanol–water partition coefficient (Wildman–Crippen LogP) is 3.22. The maximum atomic E-state index is 4.62. The number of anilines is 1. The lowest BCUT2D eigenvalue weighted by Crippen LogP contribution is -2.07. The van der Waals surface area contributed by atoms with Crippen LogP contribution in [-0.4, -0.2) is 19.9 Å². The van der Waals surface area contributed by atoms with Crippen molar-refractivity contribution in [1.82, 2.24) is 19.9 Å². The lowest BCUT2D eigenvalue weighted by atomic mass is 10.2. The summed E-state index contributed by atoms with van der Waals surface area (Å²) in [5.74, 6) is 1.53. The van der Waals surface area contributed by atoms with Gasteiger partial charge in [0.05, 0.1) is 17.7 Å². The van der Waals surface area contributed by atoms with Crippen LogP contribution in [0, 0.1) is 13.8 Å². The minimum absolute atomic E-state index is 0.660. The van der Waals surface area contributed by atoms with Gasteiger partial charge in [-0.1, -0.05) is 0 Å². The molecule has 0 aliphatic carbocycles. The molecular weight excluding hydrogens is 282 g/mol. The molecule has 3 aromatic heterocycles. The van der Waals surface area contributed by atoms with Crippen molar-refractivity contribution in [3.63, 3.8) is 0 Å². The Balaban J connectivity index is 1.91. The molecule has 3 aromatic rings. The average molecular weight is 297 g/mol. The van der Waals surface area contributed by atoms with E-state index in [-0.39, 0.29) is 0 Å². The van der Waals surface area contributed by atoms with Gasteiger partial charge in [-0.2, -0.15) is 0 Å². The normalized spacial score (nSPS) is 10.6. The van der Waals surface area contributed by atoms with Gasteiger partial charge in [-0.25, -0.2) is 15.0 Å². The van der Waals surface area contributed by atoms with Crippen molar-refractivity contribution in [3.8, 4) is 11.4 Å². The molecule has 21 heavy (non-hydrogen) atoms. The number of rotatable bonds is 4. The summed E-state index contributed by atoms with van der Waals surface area (Å²) in [6.07, 6.45) is 3.51. The number of hydrogen-bond donors (Lipinski definition) is 1. The highest BCUT2D eigenvalue weighted by Crippen LogP contribution is 2.21. The molecule has 0 saturated heterocycles. The molecule has 0 aromatic carbocycles. The lowest BCUT2D eigenvalue weighted by Gasteiger charge is -2.11. The molecule has 0 radical (unpaired) electrons. The van der Waals surface area contributed by atoms with Gasteiger partial charge in [0, 0.05) is 34.6 Å². The van der Waals surface area contributed by atoms with Crippen LogP contribution < -0.4 is 5.32 Å². The summed E-state index contributed by atoms with van der Waals surface area (Å²) in [5.41, 5.74) is 5.77. The minimum atomic E-state index is 0.660. The van der Waals surface area contributed by atoms with Gasteiger partial charge in [0.2, 0.25) is 0 Å². The highest BCUT2D eigenvalue weighted by atomic mass is 32.1. The molecule has 0 saturated carbocycles. The Bertz CT molecular complexity index is 725. The maximum absolute atomic E-state index is 4.62. The second-order valence-corrected chi connectivity index (χ2v) is 5.40. The third-order valence-electron chi connectivity index (χ3n) is 3.23. The van der Waals surface area contributed by atoms with Gasteiger partial charge < -0.3 is 5.32 Å². The maximum Gasteiger partial charge on any atom is 0.163 e. The zero-order valence-electron chi connectivity index (χ0n) is 11.9. The van der Waals surface area contributed by atoms with Gasteiger partial charge in [0.25, 0.3) is 0 Å². The van der Waals surface area contributed by atoms with Crippen LogP contribution in [0.25, 0.3) is 11.4 Å². The topological polar surface area (TPSA) is 63.6 Å². The van der Waals surface area contributed by atoms with Crippen molar-refractivity contribution < 1.29 is 0 Å². The summed E-state index contributed by atoms with van der Waals surface area (Å²) >= 11 is 1.59. The van der Waals surface area contributed by atoms with Crippen molar-refractivity contribution in [2.45, 2.75) is 20.4 Å². The van der Waals surface area contributed by atoms with Crippen LogP contribution in [-0.2, 0) is 6.54 Å². The smallest absolute Gasteiger partial charge is 0.163 e. The first-order valence-electron chi connectivity index (χ1n) is 6.60. The third-order valence-corrected chi connectivity index (χ3v) is 3.86. The number of aromatic nitrogens is 4. The zero-order chi connectivity index (χ0) is 14.7. The Kier molecular flexibility index (Phi) is 3.87. The Hall–Kier alpha value is -2.34. The molecule has 0 aliphatic rings. The van der Waals surface area contributed by atoms with Crippen LogP contribution >= 0.6 is 11.3 Å². The van der Waals surface area contributed by atoms with E-state index in [9.17, 15) is 0 Å². The van der Waals surface area contributed by atoms with Gasteiger partial charge in [-0.15, -0.1) is 11.3 Å². The van der Waals surface area contributed by atoms with E-state index in [4.69, 9.17) is 0 Å². The molecule has 0 unspecified atom stereocenters. The quantitative estimate of drug-likeness (QED) is 0.801. The van der Waals surface area contributed by atoms with Crippen molar-refractivity contribution in [1.29, 1.82) is 0 Å². The predicted molar refractivity (Wildman–Crippen MR) is 84.2 cm³/mol. The first kappa shape index (κ1) is 13.6. The lowest BCUT2D eigenvalue weighted by molar-refractivity contribution is 1.01. The first-order valence-corrected chi connectivity index (χ1v) is 7.55. The van der Waals surface area contributed by atoms with E-state index in [0.717, 1.165) is 28.3 Å². The highest BCUT2D eigenvalue weighted by Gasteiger charge is 2.10. The fraction of sp³-hybridized carbons (Fsp3) is 0.200. The second-order valence-electron chi connectivity index (χ2n) is 4.68. The Morgan fingerprint density at radius 1 is 1.24 bits per heavy atom. The summed E-state index contributed by atoms with van der Waals surface area (Å²) in [5, 5.41) is 5.37. The van der Waals surface area contributed by atoms with E-state index in [1.165, 1.54) is 0 Å². The van der Waals surface area contributed by atoms with Crippen LogP contribution in [0.15, 0.2) is 35.4 Å². The molecule has 5 nitrogen and oxygen atoms in total. The molecule has 0 amide bonds. The van der Waals surface area contributed by atoms with Gasteiger partial charge in [0.15, 0.2) is 5.82 Å². The van der Waals surface area contributed by atoms with E-state index in [1.54, 1.807) is 23.7 Å². The number of thiazole rings is 1. The third kappa shape index (κ3) is 3.05. The fourth-order valence-electron chi connectivity index (χ4n) is 1.92. The zero-order valence-corrected chi connectivity index (χ0v) is 12.7. The van der Waals surface area contributed by atoms with Gasteiger partial charge in [0.1, 0.15) is 5.82 Å². The van der Waals surface area contributed by atoms with Gasteiger partial charge in [-0.05, 0) is 26.0 Å². The molecule has 1 N–H and O–H groups in total. The molecule has 6 heteroatoms. The summed E-state index contributed by atoms with van der Waals surface area (Å²) in [6, 6.07) is 3.84. The Labute approximate surface area is 127 Å². The highest BCUT2D eigenvalue weighted by molar-refractivity contribution is 7.07. The molecular formula is C15H15N5S. The Morgan fingerprint density at radius 2 is 2.14 bits per heavy atom. The molecule has 3 rings (SSSR count). The van der Waals surface area contributed by atoms with Gasteiger partial charge in [-0.3, -0.25) is 4.98 Å². The van der Waals surface area contributed by atoms with E-state index < -0.39 is 0 Å². The van der Waals surface area contributed by atoms with Crippen molar-refractivity contribution in [2.24, 2.45) is 0 Å². The van der Waals surface area contributed by atoms with Crippen LogP contribution in [0.3, 0.4) is 0 Å². The molecule has 0 aliphatic heterocycles. The summed E-state index contributed by atoms with van der Waals surface area (Å²) in [6.45, 7) is 4.67. The number of hydrogen-bond acceptors (Lipinski definition) is 6. The standard InChI is InChI=1S/C15H15N5S/c1-10-11(2)19-15(12-4-3-5-16-6-12)20-14(10)17-7-13-8-21-9-18-13/h3-6,8-9H,7H2,1-2H3,(H,17,19,20). The first-order chi connectivity index (χ1) is 10.2. The number of nitrogens with zero attached hydrogens (tertiary/aromatic N) is 4. The van der Waals surface area contributed by atoms with Gasteiger partial charge >= 0.3 is 0 Å². The van der Waals surface area contributed by atoms with Crippen molar-refractivity contribution in [3.05, 3.63) is 52.4 Å². The van der Waals surface area contributed by atoms with E-state index in [0.29, 0.717) is 12.4 Å². The minimum Gasteiger partial charge on any atom is -0.364 e. The van der Waals surface area contributed by atoms with E-state index >= 15 is 0 Å². The summed E-state index contributed by atoms with van der Waals surface area (Å²) in [4.78, 5) is 17.5. The molecule has 3 heterocycles. The largest absolute Gasteiger partial charge is 0.364 e. The summed E-state index contributed by atoms with van der Waals surface area (Å²) < 4.78 is 0. The molecule has 0 bridgehead atoms. The van der Waals surface area contributed by atoms with Crippen molar-refractivity contribution >= 4 is 17.2 Å². The Morgan fingerprint density at radius 3 is 2.86 bits per heavy atom. The van der Waals surface area contributed by atoms with Crippen LogP contribution in [0.4, 0.5) is 5.82 Å². The van der Waals surface area contributed by atoms with Crippen LogP contribution in [0.5, 0.6) is 0 Å². The van der Waals surface area contributed by atoms with Crippen LogP contribution in [0.1, 0.15) is 17.0 Å². The number of pyridine rings is 1. The SMILES string of the molecule is Cc1nc(-c2cccnc2)nc(NCc2cscn2)c1C. The average Bonchev–Trinajstić information content (AvgIpc) is 3.03. The fourth-order valence-corrected chi connectivity index (χ4v) is 2.48. The van der Waals surface area contributed by atoms with Crippen LogP contribution in [0.2, 0.25) is 0 Å². The van der Waals surface area contributed by atoms with E-state index in [1.807, 2.05) is 36.9 Å². The second kappa shape index (κ2) is 5.97. The number of aryl methyl sites for hydroxylation is 1. The van der Waals surface area contributed by atoms with E-state index in [2.05, 4.69) is 25.3 Å².